The molecule has 0 bridgehead atoms. The van der Waals surface area contributed by atoms with Crippen LogP contribution in [-0.4, -0.2) is 5.11 Å². The van der Waals surface area contributed by atoms with Gasteiger partial charge in [0.15, 0.2) is 0 Å². The van der Waals surface area contributed by atoms with Gasteiger partial charge < -0.3 is 5.11 Å². The van der Waals surface area contributed by atoms with E-state index in [0.717, 1.165) is 16.1 Å². The number of hydrogen-bond donors (Lipinski definition) is 1. The molecule has 0 saturated heterocycles. The summed E-state index contributed by atoms with van der Waals surface area (Å²) in [7, 11) is 0. The van der Waals surface area contributed by atoms with Gasteiger partial charge in [-0.05, 0) is 27.4 Å². The highest BCUT2D eigenvalue weighted by molar-refractivity contribution is 9.10. The maximum absolute atomic E-state index is 13.0. The summed E-state index contributed by atoms with van der Waals surface area (Å²) in [4.78, 5) is 0. The van der Waals surface area contributed by atoms with E-state index < -0.39 is 5.82 Å². The number of phenols is 1. The zero-order valence-corrected chi connectivity index (χ0v) is 10.5. The van der Waals surface area contributed by atoms with Gasteiger partial charge in [0.25, 0.3) is 0 Å². The fourth-order valence-corrected chi connectivity index (χ4v) is 2.90. The van der Waals surface area contributed by atoms with Gasteiger partial charge in [-0.15, -0.1) is 0 Å². The third kappa shape index (κ3) is 2.02. The molecule has 1 N–H and O–H groups in total. The molecule has 2 aromatic rings. The lowest BCUT2D eigenvalue weighted by Crippen LogP contribution is -1.82. The number of phenolic OH excluding ortho intramolecular Hbond substituents is 1. The van der Waals surface area contributed by atoms with Crippen molar-refractivity contribution >= 4 is 38.9 Å². The van der Waals surface area contributed by atoms with E-state index in [2.05, 4.69) is 15.9 Å². The number of rotatable bonds is 1. The summed E-state index contributed by atoms with van der Waals surface area (Å²) in [5.41, 5.74) is 1.33. The van der Waals surface area contributed by atoms with Crippen molar-refractivity contribution in [3.8, 4) is 16.9 Å². The van der Waals surface area contributed by atoms with E-state index in [9.17, 15) is 9.50 Å². The average molecular weight is 308 g/mol. The number of aromatic hydroxyl groups is 1. The molecule has 0 atom stereocenters. The maximum atomic E-state index is 13.0. The Hall–Kier alpha value is -0.580. The van der Waals surface area contributed by atoms with Gasteiger partial charge in [0, 0.05) is 27.0 Å². The van der Waals surface area contributed by atoms with Crippen molar-refractivity contribution in [1.29, 1.82) is 0 Å². The molecule has 0 saturated carbocycles. The first-order valence-electron chi connectivity index (χ1n) is 3.99. The van der Waals surface area contributed by atoms with Crippen LogP contribution in [0.3, 0.4) is 0 Å². The second-order valence-corrected chi connectivity index (χ2v) is 4.92. The molecule has 0 amide bonds. The summed E-state index contributed by atoms with van der Waals surface area (Å²) in [5.74, 6) is -0.736. The van der Waals surface area contributed by atoms with Gasteiger partial charge in [0.05, 0.1) is 5.02 Å². The number of thiophene rings is 1. The van der Waals surface area contributed by atoms with Crippen molar-refractivity contribution in [1.82, 2.24) is 0 Å². The molecule has 0 radical (unpaired) electrons. The third-order valence-electron chi connectivity index (χ3n) is 1.94. The summed E-state index contributed by atoms with van der Waals surface area (Å²) < 4.78 is 13.9. The van der Waals surface area contributed by atoms with Crippen LogP contribution in [0.4, 0.5) is 4.39 Å². The van der Waals surface area contributed by atoms with Crippen LogP contribution >= 0.6 is 38.9 Å². The van der Waals surface area contributed by atoms with Gasteiger partial charge in [0.2, 0.25) is 0 Å². The van der Waals surface area contributed by atoms with Crippen LogP contribution in [0.15, 0.2) is 27.4 Å². The Kier molecular flexibility index (Phi) is 3.00. The standard InChI is InChI=1S/C10H5BrClFOS/c11-7-4-15-3-6(7)5-1-8(12)9(13)2-10(5)14/h1-4,14H. The molecule has 0 aliphatic rings. The van der Waals surface area contributed by atoms with Crippen molar-refractivity contribution in [3.05, 3.63) is 38.2 Å². The first kappa shape index (κ1) is 10.9. The largest absolute Gasteiger partial charge is 0.507 e. The minimum atomic E-state index is -0.621. The molecule has 0 spiro atoms. The van der Waals surface area contributed by atoms with Gasteiger partial charge in [-0.1, -0.05) is 11.6 Å². The molecule has 0 aliphatic carbocycles. The fraction of sp³-hybridized carbons (Fsp3) is 0. The summed E-state index contributed by atoms with van der Waals surface area (Å²) in [6.07, 6.45) is 0. The van der Waals surface area contributed by atoms with Crippen molar-refractivity contribution in [3.63, 3.8) is 0 Å². The van der Waals surface area contributed by atoms with Crippen molar-refractivity contribution in [2.45, 2.75) is 0 Å². The lowest BCUT2D eigenvalue weighted by molar-refractivity contribution is 0.471. The lowest BCUT2D eigenvalue weighted by Gasteiger charge is -2.04. The Morgan fingerprint density at radius 3 is 2.60 bits per heavy atom. The number of hydrogen-bond acceptors (Lipinski definition) is 2. The van der Waals surface area contributed by atoms with Crippen LogP contribution in [0.2, 0.25) is 5.02 Å². The molecule has 0 unspecified atom stereocenters. The molecular formula is C10H5BrClFOS. The zero-order chi connectivity index (χ0) is 11.0. The van der Waals surface area contributed by atoms with Crippen LogP contribution in [0.25, 0.3) is 11.1 Å². The molecule has 78 valence electrons. The smallest absolute Gasteiger partial charge is 0.145 e. The minimum Gasteiger partial charge on any atom is -0.507 e. The molecule has 1 aromatic heterocycles. The predicted molar refractivity (Wildman–Crippen MR) is 64.1 cm³/mol. The molecular weight excluding hydrogens is 303 g/mol. The van der Waals surface area contributed by atoms with Crippen LogP contribution in [0.1, 0.15) is 0 Å². The van der Waals surface area contributed by atoms with Crippen LogP contribution in [-0.2, 0) is 0 Å². The van der Waals surface area contributed by atoms with Crippen molar-refractivity contribution < 1.29 is 9.50 Å². The summed E-state index contributed by atoms with van der Waals surface area (Å²) in [6.45, 7) is 0. The molecule has 0 fully saturated rings. The van der Waals surface area contributed by atoms with Crippen LogP contribution in [0.5, 0.6) is 5.75 Å². The Balaban J connectivity index is 2.64. The Bertz CT molecular complexity index is 512. The first-order valence-corrected chi connectivity index (χ1v) is 6.11. The Morgan fingerprint density at radius 2 is 2.00 bits per heavy atom. The van der Waals surface area contributed by atoms with Gasteiger partial charge in [-0.3, -0.25) is 0 Å². The van der Waals surface area contributed by atoms with Crippen LogP contribution < -0.4 is 0 Å². The molecule has 5 heteroatoms. The third-order valence-corrected chi connectivity index (χ3v) is 3.94. The van der Waals surface area contributed by atoms with E-state index >= 15 is 0 Å². The molecule has 15 heavy (non-hydrogen) atoms. The quantitative estimate of drug-likeness (QED) is 0.811. The van der Waals surface area contributed by atoms with E-state index in [1.165, 1.54) is 17.4 Å². The topological polar surface area (TPSA) is 20.2 Å². The Labute approximate surface area is 103 Å². The molecule has 0 aliphatic heterocycles. The first-order chi connectivity index (χ1) is 7.09. The summed E-state index contributed by atoms with van der Waals surface area (Å²) in [5, 5.41) is 13.3. The SMILES string of the molecule is Oc1cc(F)c(Cl)cc1-c1cscc1Br. The summed E-state index contributed by atoms with van der Waals surface area (Å²) in [6, 6.07) is 2.43. The fourth-order valence-electron chi connectivity index (χ4n) is 1.23. The monoisotopic (exact) mass is 306 g/mol. The van der Waals surface area contributed by atoms with Gasteiger partial charge >= 0.3 is 0 Å². The van der Waals surface area contributed by atoms with E-state index in [-0.39, 0.29) is 10.8 Å². The summed E-state index contributed by atoms with van der Waals surface area (Å²) >= 11 is 10.5. The molecule has 2 rings (SSSR count). The number of benzene rings is 1. The maximum Gasteiger partial charge on any atom is 0.145 e. The second kappa shape index (κ2) is 4.12. The highest BCUT2D eigenvalue weighted by Gasteiger charge is 2.12. The van der Waals surface area contributed by atoms with Gasteiger partial charge in [-0.25, -0.2) is 4.39 Å². The normalized spacial score (nSPS) is 10.6. The highest BCUT2D eigenvalue weighted by Crippen LogP contribution is 2.39. The zero-order valence-electron chi connectivity index (χ0n) is 7.30. The predicted octanol–water partition coefficient (Wildman–Crippen LogP) is 4.68. The lowest BCUT2D eigenvalue weighted by atomic mass is 10.1. The molecule has 1 heterocycles. The van der Waals surface area contributed by atoms with E-state index in [1.54, 1.807) is 0 Å². The molecule has 1 aromatic carbocycles. The van der Waals surface area contributed by atoms with Crippen molar-refractivity contribution in [2.24, 2.45) is 0 Å². The van der Waals surface area contributed by atoms with Gasteiger partial charge in [-0.2, -0.15) is 11.3 Å². The van der Waals surface area contributed by atoms with Gasteiger partial charge in [0.1, 0.15) is 11.6 Å². The highest BCUT2D eigenvalue weighted by atomic mass is 79.9. The number of halogens is 3. The Morgan fingerprint density at radius 1 is 1.27 bits per heavy atom. The van der Waals surface area contributed by atoms with Crippen molar-refractivity contribution in [2.75, 3.05) is 0 Å². The molecule has 1 nitrogen and oxygen atoms in total. The van der Waals surface area contributed by atoms with E-state index in [1.807, 2.05) is 10.8 Å². The van der Waals surface area contributed by atoms with Crippen LogP contribution in [0, 0.1) is 5.82 Å². The van der Waals surface area contributed by atoms with E-state index in [4.69, 9.17) is 11.6 Å². The minimum absolute atomic E-state index is 0.000833. The van der Waals surface area contributed by atoms with E-state index in [0.29, 0.717) is 5.56 Å². The second-order valence-electron chi connectivity index (χ2n) is 2.92. The average Bonchev–Trinajstić information content (AvgIpc) is 2.58.